The number of carbonyl (C=O) groups excluding carboxylic acids is 1. The van der Waals surface area contributed by atoms with Crippen LogP contribution in [0.2, 0.25) is 5.02 Å². The largest absolute Gasteiger partial charge is 0.490 e. The Kier molecular flexibility index (Phi) is 6.08. The molecule has 0 atom stereocenters. The molecule has 0 radical (unpaired) electrons. The smallest absolute Gasteiger partial charge is 0.286 e. The Morgan fingerprint density at radius 1 is 1.11 bits per heavy atom. The van der Waals surface area contributed by atoms with Gasteiger partial charge >= 0.3 is 0 Å². The van der Waals surface area contributed by atoms with Crippen LogP contribution < -0.4 is 15.2 Å². The predicted octanol–water partition coefficient (Wildman–Crippen LogP) is 4.34. The Labute approximate surface area is 167 Å². The van der Waals surface area contributed by atoms with Crippen LogP contribution in [-0.2, 0) is 4.79 Å². The van der Waals surface area contributed by atoms with Crippen LogP contribution in [0, 0.1) is 13.8 Å². The normalized spacial score (nSPS) is 15.1. The van der Waals surface area contributed by atoms with E-state index in [1.807, 2.05) is 26.0 Å². The molecule has 7 heteroatoms. The van der Waals surface area contributed by atoms with Gasteiger partial charge in [-0.05, 0) is 61.5 Å². The van der Waals surface area contributed by atoms with E-state index in [4.69, 9.17) is 26.8 Å². The molecule has 2 aromatic carbocycles. The zero-order valence-electron chi connectivity index (χ0n) is 15.0. The molecule has 0 fully saturated rings. The van der Waals surface area contributed by atoms with Crippen molar-refractivity contribution in [3.8, 4) is 11.5 Å². The summed E-state index contributed by atoms with van der Waals surface area (Å²) in [6.07, 6.45) is 1.68. The summed E-state index contributed by atoms with van der Waals surface area (Å²) in [7, 11) is 0. The van der Waals surface area contributed by atoms with E-state index in [2.05, 4.69) is 11.1 Å². The number of nitrogens with two attached hydrogens (primary N) is 1. The molecule has 3 rings (SSSR count). The van der Waals surface area contributed by atoms with Gasteiger partial charge in [0.25, 0.3) is 5.91 Å². The highest BCUT2D eigenvalue weighted by molar-refractivity contribution is 8.18. The minimum atomic E-state index is -0.360. The summed E-state index contributed by atoms with van der Waals surface area (Å²) in [6, 6.07) is 11.3. The van der Waals surface area contributed by atoms with Crippen molar-refractivity contribution < 1.29 is 14.3 Å². The van der Waals surface area contributed by atoms with Crippen LogP contribution in [-0.4, -0.2) is 24.3 Å². The van der Waals surface area contributed by atoms with Crippen LogP contribution >= 0.6 is 23.4 Å². The van der Waals surface area contributed by atoms with Crippen LogP contribution in [0.5, 0.6) is 11.5 Å². The van der Waals surface area contributed by atoms with Gasteiger partial charge in [0, 0.05) is 10.6 Å². The van der Waals surface area contributed by atoms with E-state index in [-0.39, 0.29) is 11.1 Å². The number of ether oxygens (including phenoxy) is 2. The lowest BCUT2D eigenvalue weighted by molar-refractivity contribution is -0.113. The molecule has 27 heavy (non-hydrogen) atoms. The third-order valence-corrected chi connectivity index (χ3v) is 4.87. The molecule has 0 aliphatic carbocycles. The van der Waals surface area contributed by atoms with Crippen LogP contribution in [0.1, 0.15) is 16.7 Å². The van der Waals surface area contributed by atoms with Crippen molar-refractivity contribution in [2.75, 3.05) is 13.2 Å². The van der Waals surface area contributed by atoms with Crippen molar-refractivity contribution in [1.29, 1.82) is 0 Å². The molecule has 0 saturated heterocycles. The number of nitrogens with zero attached hydrogens (tertiary/aromatic N) is 1. The number of halogens is 1. The zero-order chi connectivity index (χ0) is 19.4. The Balaban J connectivity index is 1.65. The fraction of sp³-hybridized carbons (Fsp3) is 0.200. The molecule has 0 bridgehead atoms. The van der Waals surface area contributed by atoms with Gasteiger partial charge in [0.05, 0.1) is 4.91 Å². The monoisotopic (exact) mass is 402 g/mol. The van der Waals surface area contributed by atoms with Crippen LogP contribution in [0.25, 0.3) is 6.08 Å². The third kappa shape index (κ3) is 5.05. The molecule has 2 aromatic rings. The summed E-state index contributed by atoms with van der Waals surface area (Å²) < 4.78 is 11.6. The van der Waals surface area contributed by atoms with E-state index in [9.17, 15) is 4.79 Å². The van der Waals surface area contributed by atoms with Crippen molar-refractivity contribution in [2.45, 2.75) is 13.8 Å². The average Bonchev–Trinajstić information content (AvgIpc) is 2.92. The van der Waals surface area contributed by atoms with E-state index in [1.54, 1.807) is 24.3 Å². The second-order valence-corrected chi connectivity index (χ2v) is 7.51. The third-order valence-electron chi connectivity index (χ3n) is 3.82. The highest BCUT2D eigenvalue weighted by Gasteiger charge is 2.20. The van der Waals surface area contributed by atoms with Crippen LogP contribution in [0.3, 0.4) is 0 Å². The van der Waals surface area contributed by atoms with Crippen molar-refractivity contribution in [3.63, 3.8) is 0 Å². The molecule has 1 amide bonds. The summed E-state index contributed by atoms with van der Waals surface area (Å²) >= 11 is 7.21. The summed E-state index contributed by atoms with van der Waals surface area (Å²) in [5, 5.41) is 0.780. The quantitative estimate of drug-likeness (QED) is 0.574. The zero-order valence-corrected chi connectivity index (χ0v) is 16.6. The van der Waals surface area contributed by atoms with Crippen LogP contribution in [0.4, 0.5) is 0 Å². The number of aryl methyl sites for hydroxylation is 2. The molecule has 1 aliphatic heterocycles. The molecular formula is C20H19ClN2O3S. The number of amidine groups is 1. The first kappa shape index (κ1) is 19.3. The molecule has 0 aromatic heterocycles. The average molecular weight is 403 g/mol. The van der Waals surface area contributed by atoms with E-state index < -0.39 is 0 Å². The first-order valence-corrected chi connectivity index (χ1v) is 9.52. The van der Waals surface area contributed by atoms with E-state index in [1.165, 1.54) is 5.56 Å². The van der Waals surface area contributed by atoms with Gasteiger partial charge in [-0.3, -0.25) is 4.79 Å². The number of benzene rings is 2. The fourth-order valence-corrected chi connectivity index (χ4v) is 3.45. The van der Waals surface area contributed by atoms with Crippen molar-refractivity contribution in [3.05, 3.63) is 63.0 Å². The molecule has 0 spiro atoms. The van der Waals surface area contributed by atoms with E-state index in [0.717, 1.165) is 23.1 Å². The van der Waals surface area contributed by atoms with Gasteiger partial charge in [-0.15, -0.1) is 0 Å². The number of hydrogen-bond acceptors (Lipinski definition) is 5. The minimum absolute atomic E-state index is 0.234. The Morgan fingerprint density at radius 2 is 1.81 bits per heavy atom. The molecular weight excluding hydrogens is 384 g/mol. The van der Waals surface area contributed by atoms with Gasteiger partial charge < -0.3 is 15.2 Å². The molecule has 1 heterocycles. The first-order valence-electron chi connectivity index (χ1n) is 8.33. The number of hydrogen-bond donors (Lipinski definition) is 1. The maximum Gasteiger partial charge on any atom is 0.286 e. The molecule has 1 aliphatic rings. The number of amides is 1. The molecule has 140 valence electrons. The summed E-state index contributed by atoms with van der Waals surface area (Å²) in [5.74, 6) is 1.08. The number of thioether (sulfide) groups is 1. The number of aliphatic imine (C=N–C) groups is 1. The number of rotatable bonds is 6. The van der Waals surface area contributed by atoms with Gasteiger partial charge in [-0.2, -0.15) is 4.99 Å². The Bertz CT molecular complexity index is 941. The lowest BCUT2D eigenvalue weighted by atomic mass is 10.1. The topological polar surface area (TPSA) is 73.9 Å². The van der Waals surface area contributed by atoms with Crippen molar-refractivity contribution in [1.82, 2.24) is 0 Å². The van der Waals surface area contributed by atoms with Gasteiger partial charge in [-0.1, -0.05) is 29.3 Å². The lowest BCUT2D eigenvalue weighted by Crippen LogP contribution is -2.10. The summed E-state index contributed by atoms with van der Waals surface area (Å²) in [6.45, 7) is 4.80. The second kappa shape index (κ2) is 8.50. The van der Waals surface area contributed by atoms with Gasteiger partial charge in [-0.25, -0.2) is 0 Å². The number of carbonyl (C=O) groups is 1. The van der Waals surface area contributed by atoms with Crippen molar-refractivity contribution in [2.24, 2.45) is 10.7 Å². The van der Waals surface area contributed by atoms with Crippen molar-refractivity contribution >= 4 is 40.5 Å². The predicted molar refractivity (Wildman–Crippen MR) is 111 cm³/mol. The molecule has 0 saturated carbocycles. The Morgan fingerprint density at radius 3 is 2.48 bits per heavy atom. The van der Waals surface area contributed by atoms with E-state index >= 15 is 0 Å². The maximum absolute atomic E-state index is 11.8. The SMILES string of the molecule is Cc1ccc(OCCOc2ccc(Cl)cc2/C=C2\SC(N)=NC2=O)c(C)c1. The molecule has 2 N–H and O–H groups in total. The molecule has 5 nitrogen and oxygen atoms in total. The first-order chi connectivity index (χ1) is 12.9. The lowest BCUT2D eigenvalue weighted by Gasteiger charge is -2.12. The summed E-state index contributed by atoms with van der Waals surface area (Å²) in [4.78, 5) is 15.9. The van der Waals surface area contributed by atoms with E-state index in [0.29, 0.717) is 34.5 Å². The summed E-state index contributed by atoms with van der Waals surface area (Å²) in [5.41, 5.74) is 8.56. The molecule has 0 unspecified atom stereocenters. The standard InChI is InChI=1S/C20H19ClN2O3S/c1-12-3-5-16(13(2)9-12)25-7-8-26-17-6-4-15(21)10-14(17)11-18-19(24)23-20(22)27-18/h3-6,9-11H,7-8H2,1-2H3,(H2,22,23,24)/b18-11-. The fourth-order valence-electron chi connectivity index (χ4n) is 2.59. The highest BCUT2D eigenvalue weighted by Crippen LogP contribution is 2.31. The maximum atomic E-state index is 11.8. The Hall–Kier alpha value is -2.44. The van der Waals surface area contributed by atoms with Gasteiger partial charge in [0.2, 0.25) is 0 Å². The minimum Gasteiger partial charge on any atom is -0.490 e. The highest BCUT2D eigenvalue weighted by atomic mass is 35.5. The van der Waals surface area contributed by atoms with Gasteiger partial charge in [0.15, 0.2) is 5.17 Å². The van der Waals surface area contributed by atoms with Gasteiger partial charge in [0.1, 0.15) is 24.7 Å². The second-order valence-electron chi connectivity index (χ2n) is 6.01. The van der Waals surface area contributed by atoms with Crippen LogP contribution in [0.15, 0.2) is 46.3 Å².